The molecule has 0 saturated heterocycles. The standard InChI is InChI=1S/C11H13ClO3/c1-6-3-8(4-7(2)11(14)15)5-9(13)10(6)12/h3,5,7,13H,4H2,1-2H3,(H,14,15). The van der Waals surface area contributed by atoms with Crippen molar-refractivity contribution < 1.29 is 15.0 Å². The maximum Gasteiger partial charge on any atom is 0.306 e. The van der Waals surface area contributed by atoms with E-state index >= 15 is 0 Å². The molecule has 1 rings (SSSR count). The van der Waals surface area contributed by atoms with Gasteiger partial charge in [0.15, 0.2) is 0 Å². The fraction of sp³-hybridized carbons (Fsp3) is 0.364. The molecule has 1 aromatic carbocycles. The van der Waals surface area contributed by atoms with Gasteiger partial charge in [-0.2, -0.15) is 0 Å². The molecule has 0 heterocycles. The van der Waals surface area contributed by atoms with E-state index in [1.807, 2.05) is 0 Å². The smallest absolute Gasteiger partial charge is 0.306 e. The second-order valence-corrected chi connectivity index (χ2v) is 4.07. The highest BCUT2D eigenvalue weighted by Gasteiger charge is 2.13. The lowest BCUT2D eigenvalue weighted by molar-refractivity contribution is -0.141. The van der Waals surface area contributed by atoms with Gasteiger partial charge < -0.3 is 10.2 Å². The molecule has 1 aromatic rings. The van der Waals surface area contributed by atoms with E-state index in [1.165, 1.54) is 6.07 Å². The average molecular weight is 229 g/mol. The molecule has 4 heteroatoms. The summed E-state index contributed by atoms with van der Waals surface area (Å²) in [7, 11) is 0. The molecular weight excluding hydrogens is 216 g/mol. The van der Waals surface area contributed by atoms with Crippen molar-refractivity contribution in [1.82, 2.24) is 0 Å². The minimum absolute atomic E-state index is 0.00394. The Hall–Kier alpha value is -1.22. The molecule has 0 aromatic heterocycles. The van der Waals surface area contributed by atoms with Crippen molar-refractivity contribution in [2.75, 3.05) is 0 Å². The van der Waals surface area contributed by atoms with Crippen LogP contribution >= 0.6 is 11.6 Å². The van der Waals surface area contributed by atoms with Gasteiger partial charge in [-0.05, 0) is 30.5 Å². The van der Waals surface area contributed by atoms with E-state index in [9.17, 15) is 9.90 Å². The fourth-order valence-corrected chi connectivity index (χ4v) is 1.49. The van der Waals surface area contributed by atoms with E-state index in [4.69, 9.17) is 16.7 Å². The molecule has 0 spiro atoms. The van der Waals surface area contributed by atoms with E-state index in [-0.39, 0.29) is 5.75 Å². The van der Waals surface area contributed by atoms with Crippen LogP contribution in [0.25, 0.3) is 0 Å². The molecule has 0 aliphatic carbocycles. The van der Waals surface area contributed by atoms with Gasteiger partial charge in [0, 0.05) is 0 Å². The predicted octanol–water partition coefficient (Wildman–Crippen LogP) is 2.62. The van der Waals surface area contributed by atoms with Crippen LogP contribution in [0.15, 0.2) is 12.1 Å². The van der Waals surface area contributed by atoms with Crippen molar-refractivity contribution in [3.8, 4) is 5.75 Å². The molecule has 2 N–H and O–H groups in total. The van der Waals surface area contributed by atoms with E-state index in [2.05, 4.69) is 0 Å². The molecular formula is C11H13ClO3. The van der Waals surface area contributed by atoms with Crippen molar-refractivity contribution in [2.24, 2.45) is 5.92 Å². The van der Waals surface area contributed by atoms with Gasteiger partial charge in [-0.1, -0.05) is 24.6 Å². The topological polar surface area (TPSA) is 57.5 Å². The van der Waals surface area contributed by atoms with Gasteiger partial charge in [0.1, 0.15) is 5.75 Å². The summed E-state index contributed by atoms with van der Waals surface area (Å²) in [5.74, 6) is -1.31. The Bertz CT molecular complexity index is 364. The zero-order valence-electron chi connectivity index (χ0n) is 8.62. The maximum atomic E-state index is 10.7. The van der Waals surface area contributed by atoms with Crippen LogP contribution in [-0.2, 0) is 11.2 Å². The molecule has 82 valence electrons. The minimum Gasteiger partial charge on any atom is -0.506 e. The third-order valence-corrected chi connectivity index (χ3v) is 2.75. The highest BCUT2D eigenvalue weighted by atomic mass is 35.5. The van der Waals surface area contributed by atoms with Crippen LogP contribution in [0.1, 0.15) is 18.1 Å². The van der Waals surface area contributed by atoms with E-state index < -0.39 is 11.9 Å². The van der Waals surface area contributed by atoms with Crippen molar-refractivity contribution >= 4 is 17.6 Å². The number of aryl methyl sites for hydroxylation is 1. The number of aromatic hydroxyl groups is 1. The van der Waals surface area contributed by atoms with Gasteiger partial charge in [0.05, 0.1) is 10.9 Å². The summed E-state index contributed by atoms with van der Waals surface area (Å²) < 4.78 is 0. The lowest BCUT2D eigenvalue weighted by Gasteiger charge is -2.09. The molecule has 0 radical (unpaired) electrons. The summed E-state index contributed by atoms with van der Waals surface area (Å²) in [4.78, 5) is 10.7. The highest BCUT2D eigenvalue weighted by Crippen LogP contribution is 2.29. The second-order valence-electron chi connectivity index (χ2n) is 3.69. The lowest BCUT2D eigenvalue weighted by Crippen LogP contribution is -2.12. The van der Waals surface area contributed by atoms with Gasteiger partial charge in [-0.15, -0.1) is 0 Å². The normalized spacial score (nSPS) is 12.5. The number of benzene rings is 1. The Kier molecular flexibility index (Phi) is 3.58. The summed E-state index contributed by atoms with van der Waals surface area (Å²) in [6.07, 6.45) is 0.390. The first-order chi connectivity index (χ1) is 6.91. The van der Waals surface area contributed by atoms with Gasteiger partial charge in [-0.3, -0.25) is 4.79 Å². The van der Waals surface area contributed by atoms with Gasteiger partial charge in [-0.25, -0.2) is 0 Å². The van der Waals surface area contributed by atoms with Crippen molar-refractivity contribution in [2.45, 2.75) is 20.3 Å². The largest absolute Gasteiger partial charge is 0.506 e. The Morgan fingerprint density at radius 2 is 2.13 bits per heavy atom. The first-order valence-electron chi connectivity index (χ1n) is 4.62. The third kappa shape index (κ3) is 2.86. The molecule has 1 unspecified atom stereocenters. The number of carboxylic acid groups (broad SMARTS) is 1. The number of hydrogen-bond donors (Lipinski definition) is 2. The summed E-state index contributed by atoms with van der Waals surface area (Å²) in [5, 5.41) is 18.5. The number of aliphatic carboxylic acids is 1. The van der Waals surface area contributed by atoms with Crippen LogP contribution in [0.3, 0.4) is 0 Å². The SMILES string of the molecule is Cc1cc(CC(C)C(=O)O)cc(O)c1Cl. The molecule has 0 amide bonds. The Labute approximate surface area is 93.3 Å². The number of phenolic OH excluding ortho intramolecular Hbond substituents is 1. The van der Waals surface area contributed by atoms with E-state index in [0.717, 1.165) is 11.1 Å². The quantitative estimate of drug-likeness (QED) is 0.836. The molecule has 15 heavy (non-hydrogen) atoms. The van der Waals surface area contributed by atoms with Crippen LogP contribution in [0.2, 0.25) is 5.02 Å². The average Bonchev–Trinajstić information content (AvgIpc) is 2.13. The summed E-state index contributed by atoms with van der Waals surface area (Å²) in [6.45, 7) is 3.40. The molecule has 0 fully saturated rings. The number of phenols is 1. The lowest BCUT2D eigenvalue weighted by atomic mass is 9.99. The van der Waals surface area contributed by atoms with Crippen LogP contribution < -0.4 is 0 Å². The molecule has 0 aliphatic rings. The van der Waals surface area contributed by atoms with E-state index in [0.29, 0.717) is 11.4 Å². The first-order valence-corrected chi connectivity index (χ1v) is 5.00. The van der Waals surface area contributed by atoms with Crippen LogP contribution in [0.5, 0.6) is 5.75 Å². The second kappa shape index (κ2) is 4.53. The van der Waals surface area contributed by atoms with E-state index in [1.54, 1.807) is 19.9 Å². The Morgan fingerprint density at radius 1 is 1.53 bits per heavy atom. The van der Waals surface area contributed by atoms with Crippen LogP contribution in [0.4, 0.5) is 0 Å². The Morgan fingerprint density at radius 3 is 2.60 bits per heavy atom. The maximum absolute atomic E-state index is 10.7. The van der Waals surface area contributed by atoms with Crippen molar-refractivity contribution in [3.63, 3.8) is 0 Å². The predicted molar refractivity (Wildman–Crippen MR) is 58.4 cm³/mol. The number of halogens is 1. The molecule has 0 aliphatic heterocycles. The number of hydrogen-bond acceptors (Lipinski definition) is 2. The third-order valence-electron chi connectivity index (χ3n) is 2.26. The fourth-order valence-electron chi connectivity index (χ4n) is 1.38. The highest BCUT2D eigenvalue weighted by molar-refractivity contribution is 6.32. The Balaban J connectivity index is 2.92. The van der Waals surface area contributed by atoms with Crippen molar-refractivity contribution in [1.29, 1.82) is 0 Å². The molecule has 0 saturated carbocycles. The summed E-state index contributed by atoms with van der Waals surface area (Å²) in [5.41, 5.74) is 1.54. The monoisotopic (exact) mass is 228 g/mol. The molecule has 3 nitrogen and oxygen atoms in total. The van der Waals surface area contributed by atoms with Crippen LogP contribution in [0, 0.1) is 12.8 Å². The van der Waals surface area contributed by atoms with Crippen molar-refractivity contribution in [3.05, 3.63) is 28.3 Å². The van der Waals surface area contributed by atoms with Gasteiger partial charge in [0.25, 0.3) is 0 Å². The van der Waals surface area contributed by atoms with Crippen LogP contribution in [-0.4, -0.2) is 16.2 Å². The zero-order chi connectivity index (χ0) is 11.6. The number of carboxylic acids is 1. The summed E-state index contributed by atoms with van der Waals surface area (Å²) in [6, 6.07) is 3.30. The number of rotatable bonds is 3. The minimum atomic E-state index is -0.845. The molecule has 0 bridgehead atoms. The molecule has 1 atom stereocenters. The van der Waals surface area contributed by atoms with Gasteiger partial charge >= 0.3 is 5.97 Å². The zero-order valence-corrected chi connectivity index (χ0v) is 9.38. The number of carbonyl (C=O) groups is 1. The summed E-state index contributed by atoms with van der Waals surface area (Å²) >= 11 is 5.78. The van der Waals surface area contributed by atoms with Gasteiger partial charge in [0.2, 0.25) is 0 Å². The first kappa shape index (κ1) is 11.9.